The van der Waals surface area contributed by atoms with Gasteiger partial charge in [-0.15, -0.1) is 0 Å². The number of phenolic OH excluding ortho intramolecular Hbond substituents is 1. The molecule has 0 bridgehead atoms. The topological polar surface area (TPSA) is 115 Å². The van der Waals surface area contributed by atoms with E-state index in [0.29, 0.717) is 35.5 Å². The number of halogens is 2. The summed E-state index contributed by atoms with van der Waals surface area (Å²) in [6.45, 7) is 10.5. The van der Waals surface area contributed by atoms with E-state index >= 15 is 9.18 Å². The van der Waals surface area contributed by atoms with E-state index in [9.17, 15) is 14.7 Å². The summed E-state index contributed by atoms with van der Waals surface area (Å²) in [4.78, 5) is 58.5. The summed E-state index contributed by atoms with van der Waals surface area (Å²) < 4.78 is 16.8. The first-order valence-electron chi connectivity index (χ1n) is 16.1. The Hall–Kier alpha value is -4.81. The maximum Gasteiger partial charge on any atom is 0.283 e. The van der Waals surface area contributed by atoms with Gasteiger partial charge in [0.2, 0.25) is 11.8 Å². The van der Waals surface area contributed by atoms with Gasteiger partial charge in [0.1, 0.15) is 17.3 Å². The van der Waals surface area contributed by atoms with Crippen molar-refractivity contribution in [2.45, 2.75) is 51.7 Å². The number of carbonyl (C=O) groups excluding carboxylic acids is 2. The van der Waals surface area contributed by atoms with Gasteiger partial charge in [0.15, 0.2) is 5.65 Å². The van der Waals surface area contributed by atoms with Crippen molar-refractivity contribution in [3.63, 3.8) is 0 Å². The lowest BCUT2D eigenvalue weighted by molar-refractivity contribution is -0.128. The summed E-state index contributed by atoms with van der Waals surface area (Å²) in [5, 5.41) is 11.3. The Morgan fingerprint density at radius 1 is 1.18 bits per heavy atom. The van der Waals surface area contributed by atoms with Crippen molar-refractivity contribution in [1.29, 1.82) is 0 Å². The number of aromatic hydroxyl groups is 1. The molecule has 3 aromatic heterocycles. The monoisotopic (exact) mass is 687 g/mol. The van der Waals surface area contributed by atoms with Crippen molar-refractivity contribution >= 4 is 45.8 Å². The Labute approximate surface area is 288 Å². The molecule has 1 saturated heterocycles. The molecule has 11 nitrogen and oxygen atoms in total. The molecule has 1 N–H and O–H groups in total. The number of amides is 2. The standard InChI is InChI=1S/C36H39ClFN7O4/c1-8-27(47)43-16-20(4)44-22(18-43)14-28(48)42(7)34-33(44)23-15-24(37)31(29-25(38)10-9-11-26(29)46)40-35(23)45(36(34)49)32-21(17-41(5)6)12-13-39-30(32)19(2)3/h8-13,15,19-20,22,46H,1,14,16-18H2,2-7H3/t20-,22+/m1/s1. The quantitative estimate of drug-likeness (QED) is 0.279. The van der Waals surface area contributed by atoms with Crippen LogP contribution in [0.1, 0.15) is 44.4 Å². The molecule has 6 rings (SSSR count). The van der Waals surface area contributed by atoms with Gasteiger partial charge >= 0.3 is 0 Å². The van der Waals surface area contributed by atoms with E-state index in [4.69, 9.17) is 21.6 Å². The molecule has 1 aromatic carbocycles. The number of carbonyl (C=O) groups is 2. The average Bonchev–Trinajstić information content (AvgIpc) is 3.15. The van der Waals surface area contributed by atoms with Crippen LogP contribution in [0, 0.1) is 5.82 Å². The second kappa shape index (κ2) is 12.9. The lowest BCUT2D eigenvalue weighted by atomic mass is 10.00. The number of fused-ring (bicyclic) bond motifs is 5. The third kappa shape index (κ3) is 5.72. The molecule has 5 heterocycles. The van der Waals surface area contributed by atoms with Crippen molar-refractivity contribution in [3.05, 3.63) is 81.6 Å². The number of nitrogens with zero attached hydrogens (tertiary/aromatic N) is 7. The van der Waals surface area contributed by atoms with Gasteiger partial charge in [-0.2, -0.15) is 0 Å². The SMILES string of the molecule is C=CC(=O)N1C[C@@H]2CC(=O)N(C)c3c(c4cc(Cl)c(-c5c(O)cccc5F)nc4n(-c4c(CN(C)C)ccnc4C(C)C)c3=O)N2[C@H](C)C1. The minimum Gasteiger partial charge on any atom is -0.507 e. The van der Waals surface area contributed by atoms with Crippen LogP contribution in [-0.4, -0.2) is 87.6 Å². The first-order chi connectivity index (χ1) is 23.2. The van der Waals surface area contributed by atoms with Crippen molar-refractivity contribution in [3.8, 4) is 22.7 Å². The number of hydrogen-bond acceptors (Lipinski definition) is 8. The van der Waals surface area contributed by atoms with Crippen LogP contribution in [0.2, 0.25) is 5.02 Å². The van der Waals surface area contributed by atoms with E-state index in [1.165, 1.54) is 33.7 Å². The molecule has 0 unspecified atom stereocenters. The third-order valence-electron chi connectivity index (χ3n) is 9.22. The molecule has 2 aliphatic rings. The molecule has 2 amide bonds. The first-order valence-corrected chi connectivity index (χ1v) is 16.5. The molecule has 0 aliphatic carbocycles. The highest BCUT2D eigenvalue weighted by Crippen LogP contribution is 2.45. The van der Waals surface area contributed by atoms with Crippen molar-refractivity contribution in [2.24, 2.45) is 0 Å². The summed E-state index contributed by atoms with van der Waals surface area (Å²) in [5.41, 5.74) is 1.85. The Morgan fingerprint density at radius 2 is 1.92 bits per heavy atom. The maximum atomic E-state index is 15.4. The van der Waals surface area contributed by atoms with Gasteiger partial charge < -0.3 is 24.7 Å². The fourth-order valence-electron chi connectivity index (χ4n) is 7.13. The van der Waals surface area contributed by atoms with Crippen molar-refractivity contribution < 1.29 is 19.1 Å². The Kier molecular flexibility index (Phi) is 8.97. The Bertz CT molecular complexity index is 2060. The third-order valence-corrected chi connectivity index (χ3v) is 9.51. The highest BCUT2D eigenvalue weighted by atomic mass is 35.5. The van der Waals surface area contributed by atoms with Crippen LogP contribution in [0.4, 0.5) is 15.8 Å². The predicted octanol–water partition coefficient (Wildman–Crippen LogP) is 5.09. The minimum absolute atomic E-state index is 0.0342. The van der Waals surface area contributed by atoms with Crippen LogP contribution in [0.25, 0.3) is 28.0 Å². The van der Waals surface area contributed by atoms with Crippen LogP contribution in [-0.2, 0) is 16.1 Å². The number of hydrogen-bond donors (Lipinski definition) is 1. The molecule has 2 aliphatic heterocycles. The average molecular weight is 688 g/mol. The fourth-order valence-corrected chi connectivity index (χ4v) is 7.38. The molecule has 13 heteroatoms. The van der Waals surface area contributed by atoms with Gasteiger partial charge in [-0.1, -0.05) is 38.1 Å². The normalized spacial score (nSPS) is 17.8. The second-order valence-electron chi connectivity index (χ2n) is 13.3. The van der Waals surface area contributed by atoms with E-state index in [-0.39, 0.29) is 70.1 Å². The lowest BCUT2D eigenvalue weighted by Crippen LogP contribution is -2.59. The molecule has 0 radical (unpaired) electrons. The highest BCUT2D eigenvalue weighted by molar-refractivity contribution is 6.34. The molecule has 4 aromatic rings. The van der Waals surface area contributed by atoms with Crippen LogP contribution in [0.3, 0.4) is 0 Å². The fraction of sp³-hybridized carbons (Fsp3) is 0.361. The zero-order chi connectivity index (χ0) is 35.5. The first kappa shape index (κ1) is 34.1. The molecule has 0 spiro atoms. The second-order valence-corrected chi connectivity index (χ2v) is 13.7. The summed E-state index contributed by atoms with van der Waals surface area (Å²) >= 11 is 6.94. The van der Waals surface area contributed by atoms with Crippen LogP contribution >= 0.6 is 11.6 Å². The van der Waals surface area contributed by atoms with Gasteiger partial charge in [0, 0.05) is 50.7 Å². The Morgan fingerprint density at radius 3 is 2.57 bits per heavy atom. The molecule has 2 atom stereocenters. The summed E-state index contributed by atoms with van der Waals surface area (Å²) in [6.07, 6.45) is 2.99. The van der Waals surface area contributed by atoms with Gasteiger partial charge in [-0.25, -0.2) is 9.37 Å². The zero-order valence-corrected chi connectivity index (χ0v) is 29.1. The number of pyridine rings is 3. The van der Waals surface area contributed by atoms with Crippen molar-refractivity contribution in [1.82, 2.24) is 24.3 Å². The molecule has 256 valence electrons. The van der Waals surface area contributed by atoms with Gasteiger partial charge in [0.05, 0.1) is 39.4 Å². The largest absolute Gasteiger partial charge is 0.507 e. The number of piperazine rings is 1. The zero-order valence-electron chi connectivity index (χ0n) is 28.4. The van der Waals surface area contributed by atoms with Gasteiger partial charge in [-0.05, 0) is 62.8 Å². The number of rotatable bonds is 6. The lowest BCUT2D eigenvalue weighted by Gasteiger charge is -2.46. The number of anilines is 2. The summed E-state index contributed by atoms with van der Waals surface area (Å²) in [6, 6.07) is 6.56. The summed E-state index contributed by atoms with van der Waals surface area (Å²) in [7, 11) is 5.40. The van der Waals surface area contributed by atoms with Crippen LogP contribution < -0.4 is 15.4 Å². The van der Waals surface area contributed by atoms with E-state index < -0.39 is 17.4 Å². The predicted molar refractivity (Wildman–Crippen MR) is 189 cm³/mol. The highest BCUT2D eigenvalue weighted by Gasteiger charge is 2.42. The molecular weight excluding hydrogens is 649 g/mol. The Balaban J connectivity index is 1.80. The minimum atomic E-state index is -0.739. The number of phenols is 1. The molecule has 0 saturated carbocycles. The number of aromatic nitrogens is 3. The molecule has 49 heavy (non-hydrogen) atoms. The number of benzene rings is 1. The molecule has 1 fully saturated rings. The van der Waals surface area contributed by atoms with E-state index in [1.54, 1.807) is 24.2 Å². The summed E-state index contributed by atoms with van der Waals surface area (Å²) in [5.74, 6) is -1.77. The maximum absolute atomic E-state index is 15.4. The van der Waals surface area contributed by atoms with Crippen LogP contribution in [0.5, 0.6) is 5.75 Å². The van der Waals surface area contributed by atoms with Gasteiger partial charge in [-0.3, -0.25) is 23.9 Å². The van der Waals surface area contributed by atoms with E-state index in [0.717, 1.165) is 5.56 Å². The van der Waals surface area contributed by atoms with E-state index in [2.05, 4.69) is 6.58 Å². The molecular formula is C36H39ClFN7O4. The smallest absolute Gasteiger partial charge is 0.283 e. The van der Waals surface area contributed by atoms with Crippen LogP contribution in [0.15, 0.2) is 54.0 Å². The van der Waals surface area contributed by atoms with Gasteiger partial charge in [0.25, 0.3) is 5.56 Å². The van der Waals surface area contributed by atoms with Crippen molar-refractivity contribution in [2.75, 3.05) is 44.0 Å². The van der Waals surface area contributed by atoms with E-state index in [1.807, 2.05) is 50.7 Å².